The highest BCUT2D eigenvalue weighted by molar-refractivity contribution is 9.10. The van der Waals surface area contributed by atoms with Crippen molar-refractivity contribution in [1.29, 1.82) is 1.43 Å². The zero-order valence-corrected chi connectivity index (χ0v) is 24.7. The third-order valence-corrected chi connectivity index (χ3v) is 9.08. The lowest BCUT2D eigenvalue weighted by Crippen LogP contribution is -2.36. The molecule has 0 aliphatic carbocycles. The van der Waals surface area contributed by atoms with Crippen LogP contribution in [-0.2, 0) is 20.4 Å². The van der Waals surface area contributed by atoms with Crippen LogP contribution in [0.3, 0.4) is 0 Å². The van der Waals surface area contributed by atoms with Gasteiger partial charge in [0.1, 0.15) is 12.3 Å². The Labute approximate surface area is 233 Å². The minimum absolute atomic E-state index is 0.0367. The highest BCUT2D eigenvalue weighted by Crippen LogP contribution is 2.50. The van der Waals surface area contributed by atoms with Gasteiger partial charge in [-0.25, -0.2) is 9.46 Å². The van der Waals surface area contributed by atoms with Gasteiger partial charge in [-0.05, 0) is 69.2 Å². The lowest BCUT2D eigenvalue weighted by atomic mass is 10.1. The van der Waals surface area contributed by atoms with Crippen LogP contribution in [-0.4, -0.2) is 51.7 Å². The summed E-state index contributed by atoms with van der Waals surface area (Å²) < 4.78 is 31.1. The van der Waals surface area contributed by atoms with E-state index in [0.29, 0.717) is 18.6 Å². The molecule has 3 aromatic rings. The molecule has 1 fully saturated rings. The predicted molar refractivity (Wildman–Crippen MR) is 152 cm³/mol. The predicted octanol–water partition coefficient (Wildman–Crippen LogP) is 4.99. The number of benzene rings is 2. The van der Waals surface area contributed by atoms with Crippen molar-refractivity contribution in [2.24, 2.45) is 0 Å². The normalized spacial score (nSPS) is 21.1. The number of aliphatic hydroxyl groups excluding tert-OH is 1. The summed E-state index contributed by atoms with van der Waals surface area (Å²) in [5.41, 5.74) is 0.427. The Morgan fingerprint density at radius 3 is 2.63 bits per heavy atom. The van der Waals surface area contributed by atoms with Crippen molar-refractivity contribution in [3.8, 4) is 0 Å². The van der Waals surface area contributed by atoms with Gasteiger partial charge in [0.2, 0.25) is 1.43 Å². The number of nitrogens with zero attached hydrogens (tertiary/aromatic N) is 2. The molecule has 2 unspecified atom stereocenters. The van der Waals surface area contributed by atoms with Crippen LogP contribution in [0.2, 0.25) is 0 Å². The molecule has 2 heterocycles. The van der Waals surface area contributed by atoms with Gasteiger partial charge in [-0.1, -0.05) is 34.1 Å². The summed E-state index contributed by atoms with van der Waals surface area (Å²) in [6.07, 6.45) is 0.0385. The molecule has 1 aliphatic heterocycles. The summed E-state index contributed by atoms with van der Waals surface area (Å²) in [5.74, 6) is 0. The molecular formula is C27H35BrN3O6P. The summed E-state index contributed by atoms with van der Waals surface area (Å²) in [4.78, 5) is 26.7. The molecule has 2 N–H and O–H groups in total. The molecule has 1 saturated heterocycles. The van der Waals surface area contributed by atoms with Crippen LogP contribution in [0.4, 0.5) is 0 Å². The molecule has 1 aromatic heterocycles. The number of aryl methyl sites for hydroxylation is 1. The molecular weight excluding hydrogens is 573 g/mol. The van der Waals surface area contributed by atoms with Gasteiger partial charge in [-0.15, -0.1) is 0 Å². The van der Waals surface area contributed by atoms with E-state index in [1.54, 1.807) is 6.92 Å². The van der Waals surface area contributed by atoms with Crippen molar-refractivity contribution in [2.75, 3.05) is 6.61 Å². The molecule has 0 amide bonds. The molecule has 4 rings (SSSR count). The van der Waals surface area contributed by atoms with Gasteiger partial charge >= 0.3 is 5.69 Å². The third kappa shape index (κ3) is 6.62. The average Bonchev–Trinajstić information content (AvgIpc) is 3.26. The largest absolute Gasteiger partial charge is 0.394 e. The number of hydrogen-bond acceptors (Lipinski definition) is 7. The summed E-state index contributed by atoms with van der Waals surface area (Å²) in [5, 5.41) is 6.94. The number of fused-ring (bicyclic) bond motifs is 1. The third-order valence-electron chi connectivity index (χ3n) is 6.48. The fourth-order valence-corrected chi connectivity index (χ4v) is 6.81. The second-order valence-corrected chi connectivity index (χ2v) is 12.4. The minimum atomic E-state index is -1.55. The highest BCUT2D eigenvalue weighted by atomic mass is 79.9. The van der Waals surface area contributed by atoms with Crippen molar-refractivity contribution in [3.63, 3.8) is 0 Å². The number of rotatable bonds is 11. The van der Waals surface area contributed by atoms with Crippen LogP contribution < -0.4 is 11.2 Å². The first-order chi connectivity index (χ1) is 18.6. The van der Waals surface area contributed by atoms with Crippen molar-refractivity contribution in [3.05, 3.63) is 79.0 Å². The van der Waals surface area contributed by atoms with Gasteiger partial charge < -0.3 is 18.9 Å². The first kappa shape index (κ1) is 27.6. The second kappa shape index (κ2) is 12.5. The quantitative estimate of drug-likeness (QED) is 0.295. The summed E-state index contributed by atoms with van der Waals surface area (Å²) in [7, 11) is -1.55. The van der Waals surface area contributed by atoms with Gasteiger partial charge in [0, 0.05) is 34.7 Å². The number of H-pyrrole nitrogens is 1. The summed E-state index contributed by atoms with van der Waals surface area (Å²) in [6, 6.07) is 12.7. The van der Waals surface area contributed by atoms with Gasteiger partial charge in [-0.3, -0.25) is 14.3 Å². The fourth-order valence-electron chi connectivity index (χ4n) is 4.66. The highest BCUT2D eigenvalue weighted by Gasteiger charge is 2.41. The molecule has 0 spiro atoms. The maximum atomic E-state index is 12.5. The Kier molecular flexibility index (Phi) is 9.10. The van der Waals surface area contributed by atoms with Crippen LogP contribution in [0.25, 0.3) is 10.8 Å². The molecule has 206 valence electrons. The van der Waals surface area contributed by atoms with E-state index in [9.17, 15) is 9.59 Å². The lowest BCUT2D eigenvalue weighted by molar-refractivity contribution is -0.0441. The lowest BCUT2D eigenvalue weighted by Gasteiger charge is -2.37. The zero-order chi connectivity index (χ0) is 28.3. The van der Waals surface area contributed by atoms with Crippen LogP contribution in [0.15, 0.2) is 56.7 Å². The van der Waals surface area contributed by atoms with E-state index in [0.717, 1.165) is 20.8 Å². The molecule has 11 heteroatoms. The van der Waals surface area contributed by atoms with E-state index in [4.69, 9.17) is 15.2 Å². The Morgan fingerprint density at radius 1 is 1.21 bits per heavy atom. The SMILES string of the molecule is [2H]OC[C@H]1O[C@@H](n2cc(C)c(=O)[nH]c2=O)CC1OP(OCc1ccc2cc(Br)ccc2c1)N(C(C)C)C(C)C. The molecule has 0 radical (unpaired) electrons. The first-order valence-electron chi connectivity index (χ1n) is 13.1. The van der Waals surface area contributed by atoms with E-state index >= 15 is 0 Å². The second-order valence-electron chi connectivity index (χ2n) is 10.1. The number of aliphatic hydroxyl groups is 1. The monoisotopic (exact) mass is 608 g/mol. The molecule has 2 aromatic carbocycles. The van der Waals surface area contributed by atoms with E-state index in [1.165, 1.54) is 10.8 Å². The number of aromatic amines is 1. The molecule has 9 nitrogen and oxygen atoms in total. The maximum Gasteiger partial charge on any atom is 0.330 e. The maximum absolute atomic E-state index is 12.5. The number of aromatic nitrogens is 2. The molecule has 1 aliphatic rings. The average molecular weight is 609 g/mol. The molecule has 0 saturated carbocycles. The van der Waals surface area contributed by atoms with Gasteiger partial charge in [0.05, 0.1) is 19.3 Å². The number of hydrogen-bond donors (Lipinski definition) is 2. The topological polar surface area (TPSA) is 106 Å². The van der Waals surface area contributed by atoms with E-state index < -0.39 is 38.2 Å². The van der Waals surface area contributed by atoms with Crippen LogP contribution >= 0.6 is 24.5 Å². The van der Waals surface area contributed by atoms with Gasteiger partial charge in [0.25, 0.3) is 14.1 Å². The number of ether oxygens (including phenoxy) is 1. The van der Waals surface area contributed by atoms with E-state index in [1.807, 2.05) is 12.1 Å². The van der Waals surface area contributed by atoms with Crippen molar-refractivity contribution < 1.29 is 18.9 Å². The smallest absolute Gasteiger partial charge is 0.330 e. The Hall–Kier alpha value is -1.91. The van der Waals surface area contributed by atoms with Crippen LogP contribution in [0.1, 0.15) is 51.5 Å². The van der Waals surface area contributed by atoms with Crippen molar-refractivity contribution in [1.82, 2.24) is 14.2 Å². The van der Waals surface area contributed by atoms with Crippen LogP contribution in [0, 0.1) is 6.92 Å². The van der Waals surface area contributed by atoms with E-state index in [2.05, 4.69) is 82.7 Å². The number of halogens is 1. The standard InChI is InChI=1S/C27H35BrN3O6P/c1-16(2)31(17(3)4)38(35-15-19-6-7-21-11-22(28)9-8-20(21)10-19)37-23-12-25(36-24(23)14-32)30-13-18(5)26(33)29-27(30)34/h6-11,13,16-17,23-25,32H,12,14-15H2,1-5H3,(H,29,33,34)/t23?,24-,25-,38?/m1/s1/i32D. The van der Waals surface area contributed by atoms with Crippen molar-refractivity contribution in [2.45, 2.75) is 78.2 Å². The zero-order valence-electron chi connectivity index (χ0n) is 23.2. The van der Waals surface area contributed by atoms with Crippen LogP contribution in [0.5, 0.6) is 0 Å². The van der Waals surface area contributed by atoms with E-state index in [-0.39, 0.29) is 18.7 Å². The molecule has 38 heavy (non-hydrogen) atoms. The Balaban J connectivity index is 1.57. The van der Waals surface area contributed by atoms with Gasteiger partial charge in [0.15, 0.2) is 0 Å². The summed E-state index contributed by atoms with van der Waals surface area (Å²) >= 11 is 3.52. The van der Waals surface area contributed by atoms with Gasteiger partial charge in [-0.2, -0.15) is 0 Å². The summed E-state index contributed by atoms with van der Waals surface area (Å²) in [6.45, 7) is 10.3. The molecule has 4 atom stereocenters. The fraction of sp³-hybridized carbons (Fsp3) is 0.481. The van der Waals surface area contributed by atoms with Crippen molar-refractivity contribution >= 4 is 35.2 Å². The molecule has 0 bridgehead atoms. The first-order valence-corrected chi connectivity index (χ1v) is 14.6. The minimum Gasteiger partial charge on any atom is -0.394 e. The number of nitrogens with one attached hydrogen (secondary N) is 1. The Bertz CT molecular complexity index is 1390. The Morgan fingerprint density at radius 2 is 1.92 bits per heavy atom.